The van der Waals surface area contributed by atoms with Gasteiger partial charge in [0, 0.05) is 10.8 Å². The molecule has 0 bridgehead atoms. The summed E-state index contributed by atoms with van der Waals surface area (Å²) >= 11 is 0. The molecule has 2 nitrogen and oxygen atoms in total. The molecule has 0 amide bonds. The van der Waals surface area contributed by atoms with Gasteiger partial charge in [-0.25, -0.2) is 0 Å². The van der Waals surface area contributed by atoms with Gasteiger partial charge in [-0.3, -0.25) is 0 Å². The second-order valence-corrected chi connectivity index (χ2v) is 6.75. The summed E-state index contributed by atoms with van der Waals surface area (Å²) in [5.41, 5.74) is 1.16. The van der Waals surface area contributed by atoms with Gasteiger partial charge in [-0.2, -0.15) is 5.26 Å². The van der Waals surface area contributed by atoms with Crippen LogP contribution in [0.3, 0.4) is 0 Å². The Balaban J connectivity index is 1.87. The maximum Gasteiger partial charge on any atom is 0.127 e. The van der Waals surface area contributed by atoms with Crippen molar-refractivity contribution in [2.75, 3.05) is 0 Å². The molecule has 0 atom stereocenters. The normalized spacial score (nSPS) is 18.3. The van der Waals surface area contributed by atoms with Crippen LogP contribution in [0.5, 0.6) is 5.75 Å². The molecule has 0 spiro atoms. The smallest absolute Gasteiger partial charge is 0.127 e. The van der Waals surface area contributed by atoms with Crippen molar-refractivity contribution in [2.24, 2.45) is 5.41 Å². The van der Waals surface area contributed by atoms with Gasteiger partial charge in [0.1, 0.15) is 5.75 Å². The summed E-state index contributed by atoms with van der Waals surface area (Å²) in [5, 5.41) is 11.2. The third-order valence-corrected chi connectivity index (χ3v) is 4.58. The minimum atomic E-state index is 0.300. The Morgan fingerprint density at radius 2 is 1.71 bits per heavy atom. The van der Waals surface area contributed by atoms with Gasteiger partial charge in [0.25, 0.3) is 0 Å². The number of nitrogens with zero attached hydrogens (tertiary/aromatic N) is 1. The average molecular weight is 279 g/mol. The lowest BCUT2D eigenvalue weighted by Crippen LogP contribution is -2.28. The first-order valence-corrected chi connectivity index (χ1v) is 7.68. The Kier molecular flexibility index (Phi) is 3.59. The van der Waals surface area contributed by atoms with Crippen LogP contribution in [-0.2, 0) is 0 Å². The molecule has 3 rings (SSSR count). The Morgan fingerprint density at radius 1 is 1.05 bits per heavy atom. The predicted octanol–water partition coefficient (Wildman–Crippen LogP) is 5.06. The molecule has 21 heavy (non-hydrogen) atoms. The van der Waals surface area contributed by atoms with E-state index in [0.29, 0.717) is 17.1 Å². The van der Waals surface area contributed by atoms with Gasteiger partial charge in [-0.15, -0.1) is 0 Å². The minimum Gasteiger partial charge on any atom is -0.490 e. The van der Waals surface area contributed by atoms with E-state index in [4.69, 9.17) is 4.74 Å². The third-order valence-electron chi connectivity index (χ3n) is 4.58. The van der Waals surface area contributed by atoms with E-state index in [1.807, 2.05) is 36.4 Å². The van der Waals surface area contributed by atoms with Gasteiger partial charge in [0.15, 0.2) is 0 Å². The molecule has 1 fully saturated rings. The standard InChI is InChI=1S/C19H21NO/c1-19(2)11-9-15(10-12-19)21-18-8-7-14(13-20)16-5-3-4-6-17(16)18/h3-8,15H,9-12H2,1-2H3. The predicted molar refractivity (Wildman–Crippen MR) is 85.3 cm³/mol. The van der Waals surface area contributed by atoms with Gasteiger partial charge in [0.05, 0.1) is 17.7 Å². The number of benzene rings is 2. The van der Waals surface area contributed by atoms with Crippen molar-refractivity contribution < 1.29 is 4.74 Å². The number of rotatable bonds is 2. The van der Waals surface area contributed by atoms with Crippen molar-refractivity contribution in [3.63, 3.8) is 0 Å². The fraction of sp³-hybridized carbons (Fsp3) is 0.421. The zero-order chi connectivity index (χ0) is 14.9. The van der Waals surface area contributed by atoms with Crippen LogP contribution in [-0.4, -0.2) is 6.10 Å². The first-order valence-electron chi connectivity index (χ1n) is 7.68. The van der Waals surface area contributed by atoms with Crippen molar-refractivity contribution in [2.45, 2.75) is 45.6 Å². The summed E-state index contributed by atoms with van der Waals surface area (Å²) in [4.78, 5) is 0. The van der Waals surface area contributed by atoms with Crippen molar-refractivity contribution in [3.05, 3.63) is 42.0 Å². The molecule has 2 aromatic carbocycles. The van der Waals surface area contributed by atoms with E-state index in [9.17, 15) is 5.26 Å². The molecule has 0 saturated heterocycles. The van der Waals surface area contributed by atoms with Crippen LogP contribution in [0.4, 0.5) is 0 Å². The van der Waals surface area contributed by atoms with Gasteiger partial charge >= 0.3 is 0 Å². The summed E-state index contributed by atoms with van der Waals surface area (Å²) < 4.78 is 6.25. The highest BCUT2D eigenvalue weighted by Gasteiger charge is 2.28. The molecule has 0 radical (unpaired) electrons. The van der Waals surface area contributed by atoms with Gasteiger partial charge in [-0.05, 0) is 43.2 Å². The molecule has 0 aromatic heterocycles. The summed E-state index contributed by atoms with van der Waals surface area (Å²) in [6, 6.07) is 14.1. The Hall–Kier alpha value is -2.01. The number of hydrogen-bond acceptors (Lipinski definition) is 2. The molecule has 108 valence electrons. The van der Waals surface area contributed by atoms with E-state index in [0.717, 1.165) is 29.4 Å². The molecule has 0 N–H and O–H groups in total. The van der Waals surface area contributed by atoms with Crippen molar-refractivity contribution in [3.8, 4) is 11.8 Å². The van der Waals surface area contributed by atoms with Crippen LogP contribution in [0.15, 0.2) is 36.4 Å². The van der Waals surface area contributed by atoms with Crippen LogP contribution < -0.4 is 4.74 Å². The molecule has 1 saturated carbocycles. The first kappa shape index (κ1) is 13.9. The van der Waals surface area contributed by atoms with E-state index in [1.54, 1.807) is 0 Å². The second-order valence-electron chi connectivity index (χ2n) is 6.75. The molecular formula is C19H21NO. The van der Waals surface area contributed by atoms with Crippen LogP contribution in [0, 0.1) is 16.7 Å². The quantitative estimate of drug-likeness (QED) is 0.769. The van der Waals surface area contributed by atoms with Crippen LogP contribution in [0.25, 0.3) is 10.8 Å². The SMILES string of the molecule is CC1(C)CCC(Oc2ccc(C#N)c3ccccc23)CC1. The van der Waals surface area contributed by atoms with E-state index in [-0.39, 0.29) is 0 Å². The lowest BCUT2D eigenvalue weighted by molar-refractivity contribution is 0.100. The maximum atomic E-state index is 9.21. The van der Waals surface area contributed by atoms with E-state index in [1.165, 1.54) is 12.8 Å². The molecule has 0 aliphatic heterocycles. The van der Waals surface area contributed by atoms with Crippen molar-refractivity contribution in [1.82, 2.24) is 0 Å². The summed E-state index contributed by atoms with van der Waals surface area (Å²) in [5.74, 6) is 0.911. The van der Waals surface area contributed by atoms with E-state index >= 15 is 0 Å². The molecule has 1 aliphatic rings. The van der Waals surface area contributed by atoms with Gasteiger partial charge in [0.2, 0.25) is 0 Å². The molecule has 0 unspecified atom stereocenters. The molecule has 1 aliphatic carbocycles. The zero-order valence-electron chi connectivity index (χ0n) is 12.7. The molecule has 2 heteroatoms. The average Bonchev–Trinajstić information content (AvgIpc) is 2.49. The first-order chi connectivity index (χ1) is 10.1. The molecular weight excluding hydrogens is 258 g/mol. The topological polar surface area (TPSA) is 33.0 Å². The highest BCUT2D eigenvalue weighted by Crippen LogP contribution is 2.38. The largest absolute Gasteiger partial charge is 0.490 e. The van der Waals surface area contributed by atoms with Gasteiger partial charge in [-0.1, -0.05) is 38.1 Å². The highest BCUT2D eigenvalue weighted by atomic mass is 16.5. The summed E-state index contributed by atoms with van der Waals surface area (Å²) in [7, 11) is 0. The minimum absolute atomic E-state index is 0.300. The number of fused-ring (bicyclic) bond motifs is 1. The third kappa shape index (κ3) is 2.88. The fourth-order valence-corrected chi connectivity index (χ4v) is 3.14. The summed E-state index contributed by atoms with van der Waals surface area (Å²) in [6.45, 7) is 4.67. The lowest BCUT2D eigenvalue weighted by Gasteiger charge is -2.34. The highest BCUT2D eigenvalue weighted by molar-refractivity contribution is 5.92. The van der Waals surface area contributed by atoms with Crippen LogP contribution in [0.1, 0.15) is 45.1 Å². The maximum absolute atomic E-state index is 9.21. The monoisotopic (exact) mass is 279 g/mol. The Morgan fingerprint density at radius 3 is 2.38 bits per heavy atom. The van der Waals surface area contributed by atoms with E-state index in [2.05, 4.69) is 19.9 Å². The summed E-state index contributed by atoms with van der Waals surface area (Å²) in [6.07, 6.45) is 4.95. The Labute approximate surface area is 126 Å². The van der Waals surface area contributed by atoms with Crippen molar-refractivity contribution in [1.29, 1.82) is 5.26 Å². The lowest BCUT2D eigenvalue weighted by atomic mass is 9.76. The molecule has 0 heterocycles. The van der Waals surface area contributed by atoms with E-state index < -0.39 is 0 Å². The number of hydrogen-bond donors (Lipinski definition) is 0. The number of ether oxygens (including phenoxy) is 1. The zero-order valence-corrected chi connectivity index (χ0v) is 12.7. The van der Waals surface area contributed by atoms with Crippen LogP contribution >= 0.6 is 0 Å². The number of nitriles is 1. The van der Waals surface area contributed by atoms with Crippen LogP contribution in [0.2, 0.25) is 0 Å². The second kappa shape index (κ2) is 5.41. The Bertz CT molecular complexity index is 686. The van der Waals surface area contributed by atoms with Gasteiger partial charge < -0.3 is 4.74 Å². The molecule has 2 aromatic rings. The van der Waals surface area contributed by atoms with Crippen molar-refractivity contribution >= 4 is 10.8 Å². The fourth-order valence-electron chi connectivity index (χ4n) is 3.14.